The molecule has 1 N–H and O–H groups in total. The molecule has 0 unspecified atom stereocenters. The van der Waals surface area contributed by atoms with Crippen LogP contribution in [-0.2, 0) is 0 Å². The normalized spacial score (nSPS) is 10.8. The Labute approximate surface area is 184 Å². The molecule has 0 aliphatic rings. The van der Waals surface area contributed by atoms with Crippen molar-refractivity contribution in [1.82, 2.24) is 9.97 Å². The van der Waals surface area contributed by atoms with Crippen LogP contribution in [0.5, 0.6) is 0 Å². The number of carbonyl (C=O) groups is 1. The van der Waals surface area contributed by atoms with E-state index in [2.05, 4.69) is 5.32 Å². The summed E-state index contributed by atoms with van der Waals surface area (Å²) in [5.74, 6) is -0.617. The second kappa shape index (κ2) is 8.40. The molecule has 5 rings (SSSR count). The predicted octanol–water partition coefficient (Wildman–Crippen LogP) is 6.36. The Kier molecular flexibility index (Phi) is 5.14. The zero-order valence-corrected chi connectivity index (χ0v) is 17.0. The number of aromatic nitrogens is 2. The molecule has 1 heterocycles. The molecule has 0 fully saturated rings. The summed E-state index contributed by atoms with van der Waals surface area (Å²) in [4.78, 5) is 22.3. The Bertz CT molecular complexity index is 1400. The SMILES string of the molecule is O=C(Nc1ccc(F)cc1)c1ccc(-c2nc3ccccc3nc2-c2ccccc2)cc1. The van der Waals surface area contributed by atoms with Crippen LogP contribution in [0, 0.1) is 5.82 Å². The summed E-state index contributed by atoms with van der Waals surface area (Å²) in [6.45, 7) is 0. The summed E-state index contributed by atoms with van der Waals surface area (Å²) in [6.07, 6.45) is 0. The molecule has 1 amide bonds. The number of benzene rings is 4. The molecule has 4 nitrogen and oxygen atoms in total. The molecule has 0 aliphatic heterocycles. The van der Waals surface area contributed by atoms with Crippen molar-refractivity contribution in [1.29, 1.82) is 0 Å². The van der Waals surface area contributed by atoms with Crippen molar-refractivity contribution in [2.24, 2.45) is 0 Å². The van der Waals surface area contributed by atoms with Crippen molar-refractivity contribution in [2.45, 2.75) is 0 Å². The second-order valence-electron chi connectivity index (χ2n) is 7.31. The molecule has 0 aliphatic carbocycles. The van der Waals surface area contributed by atoms with E-state index in [1.807, 2.05) is 66.7 Å². The first-order chi connectivity index (χ1) is 15.7. The minimum absolute atomic E-state index is 0.268. The lowest BCUT2D eigenvalue weighted by molar-refractivity contribution is 0.102. The highest BCUT2D eigenvalue weighted by molar-refractivity contribution is 6.04. The van der Waals surface area contributed by atoms with Gasteiger partial charge in [0.25, 0.3) is 5.91 Å². The highest BCUT2D eigenvalue weighted by Crippen LogP contribution is 2.31. The van der Waals surface area contributed by atoms with Crippen LogP contribution in [0.1, 0.15) is 10.4 Å². The van der Waals surface area contributed by atoms with Gasteiger partial charge < -0.3 is 5.32 Å². The summed E-state index contributed by atoms with van der Waals surface area (Å²) in [7, 11) is 0. The molecule has 0 spiro atoms. The van der Waals surface area contributed by atoms with E-state index in [1.165, 1.54) is 24.3 Å². The zero-order valence-electron chi connectivity index (χ0n) is 17.0. The third kappa shape index (κ3) is 3.96. The first-order valence-electron chi connectivity index (χ1n) is 10.2. The number of para-hydroxylation sites is 2. The third-order valence-corrected chi connectivity index (χ3v) is 5.14. The largest absolute Gasteiger partial charge is 0.322 e. The molecule has 1 aromatic heterocycles. The van der Waals surface area contributed by atoms with E-state index in [0.717, 1.165) is 33.5 Å². The molecule has 0 saturated heterocycles. The first-order valence-corrected chi connectivity index (χ1v) is 10.2. The fourth-order valence-corrected chi connectivity index (χ4v) is 3.51. The summed E-state index contributed by atoms with van der Waals surface area (Å²) in [6, 6.07) is 30.6. The molecule has 0 radical (unpaired) electrons. The van der Waals surface area contributed by atoms with Crippen molar-refractivity contribution in [3.05, 3.63) is 115 Å². The Morgan fingerprint density at radius 3 is 1.75 bits per heavy atom. The van der Waals surface area contributed by atoms with Gasteiger partial charge in [0.1, 0.15) is 5.82 Å². The molecule has 5 heteroatoms. The maximum Gasteiger partial charge on any atom is 0.255 e. The molecular weight excluding hydrogens is 401 g/mol. The number of anilines is 1. The van der Waals surface area contributed by atoms with E-state index in [-0.39, 0.29) is 11.7 Å². The molecule has 5 aromatic rings. The molecular formula is C27H18FN3O. The number of fused-ring (bicyclic) bond motifs is 1. The molecule has 0 bridgehead atoms. The summed E-state index contributed by atoms with van der Waals surface area (Å²) < 4.78 is 13.1. The average molecular weight is 419 g/mol. The molecule has 0 atom stereocenters. The Balaban J connectivity index is 1.51. The van der Waals surface area contributed by atoms with Crippen LogP contribution >= 0.6 is 0 Å². The van der Waals surface area contributed by atoms with Crippen LogP contribution in [0.4, 0.5) is 10.1 Å². The topological polar surface area (TPSA) is 54.9 Å². The van der Waals surface area contributed by atoms with Crippen LogP contribution in [0.25, 0.3) is 33.5 Å². The summed E-state index contributed by atoms with van der Waals surface area (Å²) >= 11 is 0. The lowest BCUT2D eigenvalue weighted by atomic mass is 10.0. The van der Waals surface area contributed by atoms with Crippen LogP contribution in [0.3, 0.4) is 0 Å². The predicted molar refractivity (Wildman–Crippen MR) is 125 cm³/mol. The minimum atomic E-state index is -0.349. The molecule has 4 aromatic carbocycles. The standard InChI is InChI=1S/C27H18FN3O/c28-21-14-16-22(17-15-21)29-27(32)20-12-10-19(11-13-20)26-25(18-6-2-1-3-7-18)30-23-8-4-5-9-24(23)31-26/h1-17H,(H,29,32). The maximum atomic E-state index is 13.1. The monoisotopic (exact) mass is 419 g/mol. The highest BCUT2D eigenvalue weighted by Gasteiger charge is 2.14. The number of amides is 1. The van der Waals surface area contributed by atoms with Crippen molar-refractivity contribution >= 4 is 22.6 Å². The number of carbonyl (C=O) groups excluding carboxylic acids is 1. The van der Waals surface area contributed by atoms with Gasteiger partial charge in [-0.3, -0.25) is 4.79 Å². The van der Waals surface area contributed by atoms with Crippen LogP contribution in [0.2, 0.25) is 0 Å². The van der Waals surface area contributed by atoms with Gasteiger partial charge in [-0.1, -0.05) is 54.6 Å². The first kappa shape index (κ1) is 19.6. The smallest absolute Gasteiger partial charge is 0.255 e. The number of nitrogens with zero attached hydrogens (tertiary/aromatic N) is 2. The van der Waals surface area contributed by atoms with Crippen molar-refractivity contribution in [3.8, 4) is 22.5 Å². The quantitative estimate of drug-likeness (QED) is 0.369. The number of nitrogens with one attached hydrogen (secondary N) is 1. The van der Waals surface area contributed by atoms with Gasteiger partial charge in [0, 0.05) is 22.4 Å². The number of hydrogen-bond acceptors (Lipinski definition) is 3. The zero-order chi connectivity index (χ0) is 21.9. The Morgan fingerprint density at radius 1 is 0.625 bits per heavy atom. The van der Waals surface area contributed by atoms with Crippen molar-refractivity contribution in [3.63, 3.8) is 0 Å². The number of hydrogen-bond donors (Lipinski definition) is 1. The third-order valence-electron chi connectivity index (χ3n) is 5.14. The highest BCUT2D eigenvalue weighted by atomic mass is 19.1. The lowest BCUT2D eigenvalue weighted by Crippen LogP contribution is -2.11. The van der Waals surface area contributed by atoms with Gasteiger partial charge >= 0.3 is 0 Å². The van der Waals surface area contributed by atoms with E-state index in [4.69, 9.17) is 9.97 Å². The fourth-order valence-electron chi connectivity index (χ4n) is 3.51. The van der Waals surface area contributed by atoms with Crippen molar-refractivity contribution < 1.29 is 9.18 Å². The lowest BCUT2D eigenvalue weighted by Gasteiger charge is -2.11. The van der Waals surface area contributed by atoms with E-state index in [1.54, 1.807) is 12.1 Å². The van der Waals surface area contributed by atoms with Crippen LogP contribution < -0.4 is 5.32 Å². The molecule has 154 valence electrons. The average Bonchev–Trinajstić information content (AvgIpc) is 2.85. The molecule has 0 saturated carbocycles. The van der Waals surface area contributed by atoms with Crippen molar-refractivity contribution in [2.75, 3.05) is 5.32 Å². The van der Waals surface area contributed by atoms with E-state index in [9.17, 15) is 9.18 Å². The minimum Gasteiger partial charge on any atom is -0.322 e. The summed E-state index contributed by atoms with van der Waals surface area (Å²) in [5.41, 5.74) is 6.03. The van der Waals surface area contributed by atoms with Gasteiger partial charge in [-0.25, -0.2) is 14.4 Å². The van der Waals surface area contributed by atoms with Gasteiger partial charge in [0.15, 0.2) is 0 Å². The van der Waals surface area contributed by atoms with Gasteiger partial charge in [-0.15, -0.1) is 0 Å². The second-order valence-corrected chi connectivity index (χ2v) is 7.31. The number of rotatable bonds is 4. The fraction of sp³-hybridized carbons (Fsp3) is 0. The van der Waals surface area contributed by atoms with E-state index < -0.39 is 0 Å². The van der Waals surface area contributed by atoms with Gasteiger partial charge in [0.2, 0.25) is 0 Å². The van der Waals surface area contributed by atoms with Gasteiger partial charge in [-0.2, -0.15) is 0 Å². The van der Waals surface area contributed by atoms with Crippen LogP contribution in [0.15, 0.2) is 103 Å². The summed E-state index contributed by atoms with van der Waals surface area (Å²) in [5, 5.41) is 2.77. The molecule has 32 heavy (non-hydrogen) atoms. The number of halogens is 1. The maximum absolute atomic E-state index is 13.1. The Morgan fingerprint density at radius 2 is 1.16 bits per heavy atom. The Hall–Kier alpha value is -4.38. The van der Waals surface area contributed by atoms with Crippen LogP contribution in [-0.4, -0.2) is 15.9 Å². The van der Waals surface area contributed by atoms with E-state index in [0.29, 0.717) is 11.3 Å². The van der Waals surface area contributed by atoms with Gasteiger partial charge in [-0.05, 0) is 48.5 Å². The van der Waals surface area contributed by atoms with E-state index >= 15 is 0 Å². The van der Waals surface area contributed by atoms with Gasteiger partial charge in [0.05, 0.1) is 22.4 Å².